The van der Waals surface area contributed by atoms with Gasteiger partial charge >= 0.3 is 6.03 Å². The molecule has 0 aliphatic carbocycles. The van der Waals surface area contributed by atoms with Crippen molar-refractivity contribution in [2.24, 2.45) is 5.92 Å². The number of urea groups is 1. The average Bonchev–Trinajstić information content (AvgIpc) is 3.55. The third-order valence-corrected chi connectivity index (χ3v) is 8.57. The van der Waals surface area contributed by atoms with Crippen molar-refractivity contribution in [3.05, 3.63) is 102 Å². The number of hydrogen-bond donors (Lipinski definition) is 3. The summed E-state index contributed by atoms with van der Waals surface area (Å²) in [6.07, 6.45) is -0.330. The van der Waals surface area contributed by atoms with E-state index in [1.165, 1.54) is 11.1 Å². The molecule has 0 radical (unpaired) electrons. The highest BCUT2D eigenvalue weighted by molar-refractivity contribution is 6.04. The first-order chi connectivity index (χ1) is 22.8. The van der Waals surface area contributed by atoms with Crippen LogP contribution in [0.2, 0.25) is 0 Å². The topological polar surface area (TPSA) is 113 Å². The van der Waals surface area contributed by atoms with Crippen LogP contribution in [-0.4, -0.2) is 72.5 Å². The Morgan fingerprint density at radius 3 is 2.47 bits per heavy atom. The first-order valence-corrected chi connectivity index (χ1v) is 15.8. The monoisotopic (exact) mass is 636 g/mol. The number of nitrogens with zero attached hydrogens (tertiary/aromatic N) is 2. The number of likely N-dealkylation sites (N-methyl/N-ethyl adjacent to an activating group) is 1. The number of hydrogen-bond acceptors (Lipinski definition) is 7. The van der Waals surface area contributed by atoms with Gasteiger partial charge in [-0.1, -0.05) is 67.6 Å². The first kappa shape index (κ1) is 31.9. The molecule has 0 saturated carbocycles. The number of para-hydroxylation sites is 1. The molecule has 47 heavy (non-hydrogen) atoms. The molecule has 0 fully saturated rings. The van der Waals surface area contributed by atoms with E-state index in [1.54, 1.807) is 41.3 Å². The second-order valence-electron chi connectivity index (χ2n) is 12.2. The lowest BCUT2D eigenvalue weighted by molar-refractivity contribution is 0.0343. The van der Waals surface area contributed by atoms with Crippen molar-refractivity contribution < 1.29 is 28.9 Å². The van der Waals surface area contributed by atoms with Gasteiger partial charge in [-0.15, -0.1) is 0 Å². The number of carbonyl (C=O) groups excluding carboxylic acids is 2. The number of fused-ring (bicyclic) bond motifs is 2. The molecule has 10 nitrogen and oxygen atoms in total. The van der Waals surface area contributed by atoms with E-state index >= 15 is 0 Å². The highest BCUT2D eigenvalue weighted by Gasteiger charge is 2.34. The Bertz CT molecular complexity index is 1710. The number of nitrogens with one attached hydrogen (secondary N) is 2. The van der Waals surface area contributed by atoms with E-state index in [9.17, 15) is 14.7 Å². The lowest BCUT2D eigenvalue weighted by Crippen LogP contribution is -2.49. The van der Waals surface area contributed by atoms with Crippen molar-refractivity contribution in [2.75, 3.05) is 44.2 Å². The van der Waals surface area contributed by atoms with Gasteiger partial charge in [0, 0.05) is 37.3 Å². The predicted octanol–water partition coefficient (Wildman–Crippen LogP) is 6.08. The van der Waals surface area contributed by atoms with E-state index in [-0.39, 0.29) is 31.3 Å². The first-order valence-electron chi connectivity index (χ1n) is 15.8. The second-order valence-corrected chi connectivity index (χ2v) is 12.2. The Balaban J connectivity index is 1.22. The van der Waals surface area contributed by atoms with Gasteiger partial charge in [0.05, 0.1) is 23.9 Å². The molecule has 4 aromatic carbocycles. The van der Waals surface area contributed by atoms with Gasteiger partial charge in [-0.2, -0.15) is 0 Å². The molecule has 0 saturated heterocycles. The van der Waals surface area contributed by atoms with E-state index in [2.05, 4.69) is 51.9 Å². The highest BCUT2D eigenvalue weighted by atomic mass is 16.7. The Labute approximate surface area is 274 Å². The summed E-state index contributed by atoms with van der Waals surface area (Å²) < 4.78 is 17.5. The quantitative estimate of drug-likeness (QED) is 0.204. The second kappa shape index (κ2) is 14.1. The smallest absolute Gasteiger partial charge is 0.323 e. The van der Waals surface area contributed by atoms with Crippen LogP contribution in [0.25, 0.3) is 11.1 Å². The van der Waals surface area contributed by atoms with Crippen molar-refractivity contribution in [1.82, 2.24) is 9.80 Å². The Morgan fingerprint density at radius 2 is 1.70 bits per heavy atom. The molecule has 10 heteroatoms. The fourth-order valence-corrected chi connectivity index (χ4v) is 5.94. The number of ether oxygens (including phenoxy) is 3. The van der Waals surface area contributed by atoms with Gasteiger partial charge in [-0.25, -0.2) is 4.79 Å². The van der Waals surface area contributed by atoms with Crippen LogP contribution in [0.3, 0.4) is 0 Å². The Kier molecular flexibility index (Phi) is 9.60. The normalized spacial score (nSPS) is 17.7. The predicted molar refractivity (Wildman–Crippen MR) is 181 cm³/mol. The van der Waals surface area contributed by atoms with E-state index in [0.717, 1.165) is 5.56 Å². The van der Waals surface area contributed by atoms with Gasteiger partial charge in [0.1, 0.15) is 6.10 Å². The van der Waals surface area contributed by atoms with Crippen LogP contribution in [0.5, 0.6) is 17.2 Å². The van der Waals surface area contributed by atoms with Crippen LogP contribution in [0.1, 0.15) is 29.8 Å². The standard InChI is InChI=1S/C37H40N4O6/c1-24-19-41(25(2)22-42)36(43)30-10-7-11-31(39-37(44)38-29-16-17-32-33(18-29)46-23-45-32)35(30)47-34(24)21-40(3)20-26-12-14-28(15-13-26)27-8-5-4-6-9-27/h4-18,24-25,34,42H,19-23H2,1-3H3,(H2,38,39,44)/t24-,25-,34-/m1/s1. The van der Waals surface area contributed by atoms with Crippen LogP contribution < -0.4 is 24.8 Å². The van der Waals surface area contributed by atoms with Gasteiger partial charge in [0.2, 0.25) is 6.79 Å². The molecular formula is C37H40N4O6. The Morgan fingerprint density at radius 1 is 0.957 bits per heavy atom. The lowest BCUT2D eigenvalue weighted by Gasteiger charge is -2.38. The van der Waals surface area contributed by atoms with Crippen molar-refractivity contribution in [3.8, 4) is 28.4 Å². The van der Waals surface area contributed by atoms with Crippen LogP contribution in [0.4, 0.5) is 16.2 Å². The molecule has 4 aromatic rings. The number of rotatable bonds is 9. The van der Waals surface area contributed by atoms with Gasteiger partial charge in [0.25, 0.3) is 5.91 Å². The highest BCUT2D eigenvalue weighted by Crippen LogP contribution is 2.36. The Hall–Kier alpha value is -5.06. The summed E-state index contributed by atoms with van der Waals surface area (Å²) in [6.45, 7) is 5.50. The maximum absolute atomic E-state index is 13.8. The minimum Gasteiger partial charge on any atom is -0.486 e. The number of amides is 3. The summed E-state index contributed by atoms with van der Waals surface area (Å²) in [4.78, 5) is 30.9. The fourth-order valence-electron chi connectivity index (χ4n) is 5.94. The minimum atomic E-state index is -0.503. The van der Waals surface area contributed by atoms with Crippen molar-refractivity contribution in [3.63, 3.8) is 0 Å². The van der Waals surface area contributed by atoms with Crippen LogP contribution >= 0.6 is 0 Å². The third kappa shape index (κ3) is 7.34. The summed E-state index contributed by atoms with van der Waals surface area (Å²) in [5, 5.41) is 15.7. The summed E-state index contributed by atoms with van der Waals surface area (Å²) in [5.74, 6) is 1.11. The molecule has 2 heterocycles. The van der Waals surface area contributed by atoms with E-state index in [4.69, 9.17) is 14.2 Å². The molecule has 6 rings (SSSR count). The van der Waals surface area contributed by atoms with Crippen LogP contribution in [0.15, 0.2) is 91.0 Å². The molecule has 0 spiro atoms. The molecule has 3 amide bonds. The zero-order valence-corrected chi connectivity index (χ0v) is 26.8. The molecule has 0 unspecified atom stereocenters. The van der Waals surface area contributed by atoms with Gasteiger partial charge in [0.15, 0.2) is 17.2 Å². The molecule has 3 atom stereocenters. The molecule has 0 aromatic heterocycles. The molecule has 2 aliphatic heterocycles. The third-order valence-electron chi connectivity index (χ3n) is 8.57. The molecule has 3 N–H and O–H groups in total. The van der Waals surface area contributed by atoms with E-state index < -0.39 is 12.1 Å². The number of aliphatic hydroxyl groups is 1. The molecule has 2 aliphatic rings. The maximum atomic E-state index is 13.8. The van der Waals surface area contributed by atoms with Crippen LogP contribution in [-0.2, 0) is 6.54 Å². The maximum Gasteiger partial charge on any atom is 0.323 e. The van der Waals surface area contributed by atoms with Crippen LogP contribution in [0, 0.1) is 5.92 Å². The van der Waals surface area contributed by atoms with Gasteiger partial charge in [-0.3, -0.25) is 9.69 Å². The summed E-state index contributed by atoms with van der Waals surface area (Å²) in [7, 11) is 2.04. The molecular weight excluding hydrogens is 596 g/mol. The number of carbonyl (C=O) groups is 2. The molecule has 0 bridgehead atoms. The lowest BCUT2D eigenvalue weighted by atomic mass is 9.98. The average molecular weight is 637 g/mol. The van der Waals surface area contributed by atoms with E-state index in [0.29, 0.717) is 53.8 Å². The number of aliphatic hydroxyl groups excluding tert-OH is 1. The van der Waals surface area contributed by atoms with Crippen molar-refractivity contribution >= 4 is 23.3 Å². The number of anilines is 2. The molecule has 244 valence electrons. The van der Waals surface area contributed by atoms with E-state index in [1.807, 2.05) is 39.1 Å². The van der Waals surface area contributed by atoms with Gasteiger partial charge < -0.3 is 34.9 Å². The largest absolute Gasteiger partial charge is 0.486 e. The summed E-state index contributed by atoms with van der Waals surface area (Å²) in [6, 6.07) is 28.2. The summed E-state index contributed by atoms with van der Waals surface area (Å²) >= 11 is 0. The fraction of sp³-hybridized carbons (Fsp3) is 0.297. The number of benzene rings is 4. The minimum absolute atomic E-state index is 0.0838. The zero-order chi connectivity index (χ0) is 32.9. The summed E-state index contributed by atoms with van der Waals surface area (Å²) in [5.41, 5.74) is 4.71. The SMILES string of the molecule is C[C@@H]1CN([C@H](C)CO)C(=O)c2cccc(NC(=O)Nc3ccc4c(c3)OCO4)c2O[C@@H]1CN(C)Cc1ccc(-c2ccccc2)cc1. The van der Waals surface area contributed by atoms with Crippen molar-refractivity contribution in [2.45, 2.75) is 32.5 Å². The van der Waals surface area contributed by atoms with Gasteiger partial charge in [-0.05, 0) is 54.9 Å². The van der Waals surface area contributed by atoms with Crippen molar-refractivity contribution in [1.29, 1.82) is 0 Å². The zero-order valence-electron chi connectivity index (χ0n) is 26.8.